The molecule has 2 aliphatic rings. The molecule has 7 heteroatoms. The molecular formula is C19H27N3O4. The third-order valence-electron chi connectivity index (χ3n) is 4.49. The number of hydrogen-bond acceptors (Lipinski definition) is 5. The number of nitrogens with zero attached hydrogens (tertiary/aromatic N) is 1. The summed E-state index contributed by atoms with van der Waals surface area (Å²) in [7, 11) is 0. The van der Waals surface area contributed by atoms with Gasteiger partial charge in [-0.2, -0.15) is 0 Å². The maximum atomic E-state index is 12.1. The first-order valence-corrected chi connectivity index (χ1v) is 9.38. The van der Waals surface area contributed by atoms with Gasteiger partial charge in [-0.15, -0.1) is 0 Å². The molecule has 0 radical (unpaired) electrons. The number of alkyl carbamates (subject to hydrolysis) is 1. The Morgan fingerprint density at radius 2 is 1.88 bits per heavy atom. The van der Waals surface area contributed by atoms with Gasteiger partial charge in [0.05, 0.1) is 6.04 Å². The van der Waals surface area contributed by atoms with Crippen LogP contribution in [0.2, 0.25) is 0 Å². The lowest BCUT2D eigenvalue weighted by atomic mass is 10.2. The number of hydroxylamine groups is 1. The van der Waals surface area contributed by atoms with Crippen LogP contribution < -0.4 is 10.8 Å². The topological polar surface area (TPSA) is 81.2 Å². The van der Waals surface area contributed by atoms with Crippen LogP contribution in [0, 0.1) is 0 Å². The van der Waals surface area contributed by atoms with Crippen molar-refractivity contribution in [1.29, 1.82) is 0 Å². The number of hydrogen-bond donors (Lipinski definition) is 2. The summed E-state index contributed by atoms with van der Waals surface area (Å²) in [5.41, 5.74) is 3.69. The number of benzene rings is 1. The normalized spacial score (nSPS) is 21.4. The first-order valence-electron chi connectivity index (χ1n) is 9.38. The van der Waals surface area contributed by atoms with E-state index >= 15 is 0 Å². The number of nitrogens with one attached hydrogen (secondary N) is 2. The Labute approximate surface area is 154 Å². The number of ether oxygens (including phenoxy) is 2. The van der Waals surface area contributed by atoms with Crippen LogP contribution in [-0.2, 0) is 20.9 Å². The summed E-state index contributed by atoms with van der Waals surface area (Å²) in [6.45, 7) is 0.893. The van der Waals surface area contributed by atoms with Gasteiger partial charge in [0.25, 0.3) is 0 Å². The number of carbonyl (C=O) groups excluding carboxylic acids is 1. The largest absolute Gasteiger partial charge is 0.444 e. The average molecular weight is 361 g/mol. The van der Waals surface area contributed by atoms with E-state index in [-0.39, 0.29) is 24.9 Å². The molecule has 1 unspecified atom stereocenters. The van der Waals surface area contributed by atoms with Crippen molar-refractivity contribution < 1.29 is 19.1 Å². The highest BCUT2D eigenvalue weighted by molar-refractivity contribution is 5.93. The molecule has 0 bridgehead atoms. The summed E-state index contributed by atoms with van der Waals surface area (Å²) in [6, 6.07) is 9.74. The van der Waals surface area contributed by atoms with E-state index in [1.807, 2.05) is 30.3 Å². The van der Waals surface area contributed by atoms with Crippen molar-refractivity contribution in [2.24, 2.45) is 4.99 Å². The lowest BCUT2D eigenvalue weighted by Crippen LogP contribution is -2.44. The molecule has 1 saturated carbocycles. The highest BCUT2D eigenvalue weighted by atomic mass is 16.8. The fraction of sp³-hybridized carbons (Fsp3) is 0.579. The second-order valence-electron chi connectivity index (χ2n) is 6.62. The van der Waals surface area contributed by atoms with Crippen LogP contribution in [0.5, 0.6) is 0 Å². The number of rotatable bonds is 5. The quantitative estimate of drug-likeness (QED) is 0.478. The predicted molar refractivity (Wildman–Crippen MR) is 97.3 cm³/mol. The van der Waals surface area contributed by atoms with Crippen molar-refractivity contribution in [3.8, 4) is 0 Å². The molecule has 142 valence electrons. The first-order chi connectivity index (χ1) is 12.8. The van der Waals surface area contributed by atoms with Crippen molar-refractivity contribution in [3.63, 3.8) is 0 Å². The fourth-order valence-electron chi connectivity index (χ4n) is 3.08. The summed E-state index contributed by atoms with van der Waals surface area (Å²) >= 11 is 0. The SMILES string of the molecule is O=C(NC(=NC1CCCC1)NOC1CCCCO1)OCc1ccccc1. The monoisotopic (exact) mass is 361 g/mol. The highest BCUT2D eigenvalue weighted by Crippen LogP contribution is 2.20. The molecule has 1 aromatic rings. The number of guanidine groups is 1. The molecule has 2 fully saturated rings. The van der Waals surface area contributed by atoms with Crippen molar-refractivity contribution in [2.75, 3.05) is 6.61 Å². The van der Waals surface area contributed by atoms with Gasteiger partial charge in [-0.1, -0.05) is 43.2 Å². The number of carbonyl (C=O) groups is 1. The Bertz CT molecular complexity index is 582. The van der Waals surface area contributed by atoms with Crippen molar-refractivity contribution >= 4 is 12.1 Å². The molecule has 0 spiro atoms. The van der Waals surface area contributed by atoms with E-state index in [0.717, 1.165) is 50.5 Å². The van der Waals surface area contributed by atoms with Crippen molar-refractivity contribution in [2.45, 2.75) is 63.9 Å². The van der Waals surface area contributed by atoms with E-state index in [9.17, 15) is 4.79 Å². The Kier molecular flexibility index (Phi) is 7.27. The van der Waals surface area contributed by atoms with Gasteiger partial charge in [0.15, 0.2) is 6.29 Å². The van der Waals surface area contributed by atoms with E-state index in [1.165, 1.54) is 0 Å². The highest BCUT2D eigenvalue weighted by Gasteiger charge is 2.19. The van der Waals surface area contributed by atoms with Crippen LogP contribution in [0.4, 0.5) is 4.79 Å². The summed E-state index contributed by atoms with van der Waals surface area (Å²) in [5.74, 6) is 0.282. The maximum absolute atomic E-state index is 12.1. The Hall–Kier alpha value is -2.12. The van der Waals surface area contributed by atoms with Crippen LogP contribution in [0.25, 0.3) is 0 Å². The smallest absolute Gasteiger partial charge is 0.414 e. The molecule has 1 amide bonds. The van der Waals surface area contributed by atoms with Gasteiger partial charge in [-0.3, -0.25) is 5.32 Å². The van der Waals surface area contributed by atoms with Gasteiger partial charge in [0, 0.05) is 13.0 Å². The van der Waals surface area contributed by atoms with Crippen molar-refractivity contribution in [3.05, 3.63) is 35.9 Å². The average Bonchev–Trinajstić information content (AvgIpc) is 3.19. The zero-order valence-electron chi connectivity index (χ0n) is 15.0. The van der Waals surface area contributed by atoms with Crippen LogP contribution in [-0.4, -0.2) is 31.0 Å². The second-order valence-corrected chi connectivity index (χ2v) is 6.62. The number of aliphatic imine (C=N–C) groups is 1. The summed E-state index contributed by atoms with van der Waals surface area (Å²) in [6.07, 6.45) is 6.41. The number of amides is 1. The van der Waals surface area contributed by atoms with Gasteiger partial charge in [-0.05, 0) is 31.2 Å². The molecule has 3 rings (SSSR count). The predicted octanol–water partition coefficient (Wildman–Crippen LogP) is 3.26. The second kappa shape index (κ2) is 10.1. The lowest BCUT2D eigenvalue weighted by Gasteiger charge is -2.23. The minimum atomic E-state index is -0.564. The molecule has 1 saturated heterocycles. The van der Waals surface area contributed by atoms with E-state index < -0.39 is 6.09 Å². The lowest BCUT2D eigenvalue weighted by molar-refractivity contribution is -0.183. The zero-order valence-corrected chi connectivity index (χ0v) is 15.0. The van der Waals surface area contributed by atoms with Crippen LogP contribution in [0.3, 0.4) is 0 Å². The standard InChI is InChI=1S/C19H27N3O4/c23-19(25-14-15-8-2-1-3-9-15)21-18(20-16-10-4-5-11-16)22-26-17-12-6-7-13-24-17/h1-3,8-9,16-17H,4-7,10-14H2,(H2,20,21,22,23). The molecule has 1 heterocycles. The zero-order chi connectivity index (χ0) is 18.0. The molecule has 1 aromatic carbocycles. The van der Waals surface area contributed by atoms with Gasteiger partial charge < -0.3 is 9.47 Å². The Balaban J connectivity index is 1.51. The minimum absolute atomic E-state index is 0.197. The minimum Gasteiger partial charge on any atom is -0.444 e. The molecule has 7 nitrogen and oxygen atoms in total. The third-order valence-corrected chi connectivity index (χ3v) is 4.49. The van der Waals surface area contributed by atoms with Crippen LogP contribution in [0.1, 0.15) is 50.5 Å². The maximum Gasteiger partial charge on any atom is 0.414 e. The van der Waals surface area contributed by atoms with E-state index in [4.69, 9.17) is 14.3 Å². The first kappa shape index (κ1) is 18.7. The molecule has 1 atom stereocenters. The van der Waals surface area contributed by atoms with Gasteiger partial charge in [0.2, 0.25) is 5.96 Å². The summed E-state index contributed by atoms with van der Waals surface area (Å²) in [5, 5.41) is 2.65. The summed E-state index contributed by atoms with van der Waals surface area (Å²) < 4.78 is 10.8. The Morgan fingerprint density at radius 1 is 1.12 bits per heavy atom. The van der Waals surface area contributed by atoms with Gasteiger partial charge in [0.1, 0.15) is 6.61 Å². The Morgan fingerprint density at radius 3 is 2.62 bits per heavy atom. The van der Waals surface area contributed by atoms with Gasteiger partial charge in [-0.25, -0.2) is 20.1 Å². The molecular weight excluding hydrogens is 334 g/mol. The van der Waals surface area contributed by atoms with Gasteiger partial charge >= 0.3 is 6.09 Å². The molecule has 1 aliphatic heterocycles. The molecule has 2 N–H and O–H groups in total. The summed E-state index contributed by atoms with van der Waals surface area (Å²) in [4.78, 5) is 22.2. The van der Waals surface area contributed by atoms with E-state index in [1.54, 1.807) is 0 Å². The van der Waals surface area contributed by atoms with E-state index in [0.29, 0.717) is 6.61 Å². The van der Waals surface area contributed by atoms with Crippen LogP contribution >= 0.6 is 0 Å². The third kappa shape index (κ3) is 6.31. The van der Waals surface area contributed by atoms with Crippen molar-refractivity contribution in [1.82, 2.24) is 10.8 Å². The fourth-order valence-corrected chi connectivity index (χ4v) is 3.08. The molecule has 0 aromatic heterocycles. The van der Waals surface area contributed by atoms with E-state index in [2.05, 4.69) is 15.8 Å². The molecule has 26 heavy (non-hydrogen) atoms. The molecule has 1 aliphatic carbocycles. The van der Waals surface area contributed by atoms with Crippen LogP contribution in [0.15, 0.2) is 35.3 Å².